The lowest BCUT2D eigenvalue weighted by molar-refractivity contribution is 0.0953. The first-order chi connectivity index (χ1) is 12.6. The summed E-state index contributed by atoms with van der Waals surface area (Å²) in [4.78, 5) is 12.0. The van der Waals surface area contributed by atoms with Gasteiger partial charge in [0.25, 0.3) is 5.91 Å². The fraction of sp³-hybridized carbons (Fsp3) is 0.143. The second-order valence-corrected chi connectivity index (χ2v) is 5.87. The maximum Gasteiger partial charge on any atom is 0.274 e. The Morgan fingerprint density at radius 1 is 1.12 bits per heavy atom. The van der Waals surface area contributed by atoms with Crippen LogP contribution in [-0.4, -0.2) is 12.1 Å². The summed E-state index contributed by atoms with van der Waals surface area (Å²) in [6.07, 6.45) is 1.58. The number of rotatable bonds is 6. The van der Waals surface area contributed by atoms with Crippen molar-refractivity contribution >= 4 is 12.1 Å². The van der Waals surface area contributed by atoms with Crippen LogP contribution in [0.5, 0.6) is 5.75 Å². The van der Waals surface area contributed by atoms with E-state index in [0.717, 1.165) is 16.9 Å². The second-order valence-electron chi connectivity index (χ2n) is 5.87. The molecule has 1 amide bonds. The molecule has 132 valence electrons. The van der Waals surface area contributed by atoms with E-state index in [1.54, 1.807) is 26.1 Å². The number of furan rings is 1. The normalized spacial score (nSPS) is 10.8. The topological polar surface area (TPSA) is 63.8 Å². The number of hydrogen-bond donors (Lipinski definition) is 1. The van der Waals surface area contributed by atoms with Crippen molar-refractivity contribution in [2.75, 3.05) is 0 Å². The predicted molar refractivity (Wildman–Crippen MR) is 100 cm³/mol. The fourth-order valence-electron chi connectivity index (χ4n) is 2.47. The van der Waals surface area contributed by atoms with Crippen LogP contribution in [0.4, 0.5) is 0 Å². The van der Waals surface area contributed by atoms with Crippen molar-refractivity contribution in [1.29, 1.82) is 0 Å². The third kappa shape index (κ3) is 4.60. The van der Waals surface area contributed by atoms with Gasteiger partial charge in [0.2, 0.25) is 0 Å². The van der Waals surface area contributed by atoms with E-state index in [-0.39, 0.29) is 5.91 Å². The van der Waals surface area contributed by atoms with Crippen molar-refractivity contribution < 1.29 is 13.9 Å². The first-order valence-corrected chi connectivity index (χ1v) is 8.29. The molecule has 1 N–H and O–H groups in total. The summed E-state index contributed by atoms with van der Waals surface area (Å²) in [7, 11) is 0. The van der Waals surface area contributed by atoms with E-state index >= 15 is 0 Å². The summed E-state index contributed by atoms with van der Waals surface area (Å²) in [6, 6.07) is 19.2. The molecule has 0 unspecified atom stereocenters. The van der Waals surface area contributed by atoms with Crippen LogP contribution in [0.2, 0.25) is 0 Å². The largest absolute Gasteiger partial charge is 0.489 e. The summed E-state index contributed by atoms with van der Waals surface area (Å²) in [6.45, 7) is 4.07. The molecule has 1 heterocycles. The molecule has 0 fully saturated rings. The van der Waals surface area contributed by atoms with Crippen LogP contribution in [0.25, 0.3) is 0 Å². The molecule has 2 aromatic carbocycles. The van der Waals surface area contributed by atoms with E-state index in [1.165, 1.54) is 0 Å². The Balaban J connectivity index is 1.53. The smallest absolute Gasteiger partial charge is 0.274 e. The molecule has 0 bridgehead atoms. The average molecular weight is 348 g/mol. The number of aryl methyl sites for hydroxylation is 2. The molecule has 5 heteroatoms. The molecule has 0 atom stereocenters. The van der Waals surface area contributed by atoms with Crippen molar-refractivity contribution in [3.63, 3.8) is 0 Å². The van der Waals surface area contributed by atoms with Crippen LogP contribution in [0.15, 0.2) is 70.2 Å². The monoisotopic (exact) mass is 348 g/mol. The SMILES string of the molecule is Cc1cc(C(=O)N/N=C\c2ccc(OCc3ccccc3)cc2)c(C)o1. The third-order valence-corrected chi connectivity index (χ3v) is 3.79. The molecule has 0 saturated heterocycles. The van der Waals surface area contributed by atoms with Crippen molar-refractivity contribution in [3.8, 4) is 5.75 Å². The van der Waals surface area contributed by atoms with Crippen molar-refractivity contribution in [1.82, 2.24) is 5.43 Å². The molecule has 0 saturated carbocycles. The standard InChI is InChI=1S/C21H20N2O3/c1-15-12-20(16(2)26-15)21(24)23-22-13-17-8-10-19(11-9-17)25-14-18-6-4-3-5-7-18/h3-13H,14H2,1-2H3,(H,23,24)/b22-13-. The second kappa shape index (κ2) is 8.16. The van der Waals surface area contributed by atoms with E-state index < -0.39 is 0 Å². The highest BCUT2D eigenvalue weighted by atomic mass is 16.5. The summed E-state index contributed by atoms with van der Waals surface area (Å²) in [5.41, 5.74) is 4.97. The van der Waals surface area contributed by atoms with E-state index in [1.807, 2.05) is 54.6 Å². The highest BCUT2D eigenvalue weighted by Gasteiger charge is 2.12. The maximum atomic E-state index is 12.0. The Morgan fingerprint density at radius 2 is 1.85 bits per heavy atom. The van der Waals surface area contributed by atoms with Gasteiger partial charge in [-0.2, -0.15) is 5.10 Å². The van der Waals surface area contributed by atoms with Gasteiger partial charge < -0.3 is 9.15 Å². The number of nitrogens with one attached hydrogen (secondary N) is 1. The number of nitrogens with zero attached hydrogens (tertiary/aromatic N) is 1. The molecule has 5 nitrogen and oxygen atoms in total. The lowest BCUT2D eigenvalue weighted by Crippen LogP contribution is -2.17. The third-order valence-electron chi connectivity index (χ3n) is 3.79. The Labute approximate surface area is 152 Å². The molecule has 3 rings (SSSR count). The molecule has 1 aromatic heterocycles. The molecule has 3 aromatic rings. The zero-order valence-electron chi connectivity index (χ0n) is 14.7. The van der Waals surface area contributed by atoms with Crippen LogP contribution in [-0.2, 0) is 6.61 Å². The number of hydrogen-bond acceptors (Lipinski definition) is 4. The fourth-order valence-corrected chi connectivity index (χ4v) is 2.47. The zero-order valence-corrected chi connectivity index (χ0v) is 14.7. The number of carbonyl (C=O) groups excluding carboxylic acids is 1. The molecule has 26 heavy (non-hydrogen) atoms. The summed E-state index contributed by atoms with van der Waals surface area (Å²) in [5.74, 6) is 1.76. The van der Waals surface area contributed by atoms with Crippen molar-refractivity contribution in [3.05, 3.63) is 88.9 Å². The Morgan fingerprint density at radius 3 is 2.50 bits per heavy atom. The molecule has 0 aliphatic rings. The minimum absolute atomic E-state index is 0.293. The number of benzene rings is 2. The number of amides is 1. The van der Waals surface area contributed by atoms with Crippen LogP contribution in [0.1, 0.15) is 33.0 Å². The Bertz CT molecular complexity index is 897. The quantitative estimate of drug-likeness (QED) is 0.535. The molecule has 0 aliphatic heterocycles. The first kappa shape index (κ1) is 17.5. The number of ether oxygens (including phenoxy) is 1. The summed E-state index contributed by atoms with van der Waals surface area (Å²) < 4.78 is 11.1. The Hall–Kier alpha value is -3.34. The van der Waals surface area contributed by atoms with Gasteiger partial charge in [0.1, 0.15) is 23.9 Å². The van der Waals surface area contributed by atoms with Gasteiger partial charge in [0.05, 0.1) is 11.8 Å². The van der Waals surface area contributed by atoms with E-state index in [0.29, 0.717) is 23.7 Å². The number of hydrazone groups is 1. The van der Waals surface area contributed by atoms with Crippen LogP contribution in [0.3, 0.4) is 0 Å². The van der Waals surface area contributed by atoms with Gasteiger partial charge in [-0.1, -0.05) is 30.3 Å². The van der Waals surface area contributed by atoms with Gasteiger partial charge in [-0.3, -0.25) is 4.79 Å². The van der Waals surface area contributed by atoms with E-state index in [2.05, 4.69) is 10.5 Å². The van der Waals surface area contributed by atoms with Gasteiger partial charge in [0.15, 0.2) is 0 Å². The summed E-state index contributed by atoms with van der Waals surface area (Å²) >= 11 is 0. The predicted octanol–water partition coefficient (Wildman–Crippen LogP) is 4.24. The van der Waals surface area contributed by atoms with Crippen LogP contribution >= 0.6 is 0 Å². The van der Waals surface area contributed by atoms with E-state index in [9.17, 15) is 4.79 Å². The molecular formula is C21H20N2O3. The van der Waals surface area contributed by atoms with Gasteiger partial charge in [-0.05, 0) is 55.3 Å². The molecule has 0 spiro atoms. The molecule has 0 aliphatic carbocycles. The molecular weight excluding hydrogens is 328 g/mol. The zero-order chi connectivity index (χ0) is 18.4. The maximum absolute atomic E-state index is 12.0. The van der Waals surface area contributed by atoms with Gasteiger partial charge in [-0.25, -0.2) is 5.43 Å². The highest BCUT2D eigenvalue weighted by Crippen LogP contribution is 2.14. The van der Waals surface area contributed by atoms with Gasteiger partial charge >= 0.3 is 0 Å². The first-order valence-electron chi connectivity index (χ1n) is 8.29. The average Bonchev–Trinajstić information content (AvgIpc) is 3.00. The van der Waals surface area contributed by atoms with Crippen molar-refractivity contribution in [2.45, 2.75) is 20.5 Å². The Kier molecular flexibility index (Phi) is 5.49. The summed E-state index contributed by atoms with van der Waals surface area (Å²) in [5, 5.41) is 3.98. The minimum atomic E-state index is -0.293. The lowest BCUT2D eigenvalue weighted by Gasteiger charge is -2.06. The minimum Gasteiger partial charge on any atom is -0.489 e. The van der Waals surface area contributed by atoms with Gasteiger partial charge in [-0.15, -0.1) is 0 Å². The van der Waals surface area contributed by atoms with Crippen LogP contribution in [0, 0.1) is 13.8 Å². The van der Waals surface area contributed by atoms with Gasteiger partial charge in [0, 0.05) is 0 Å². The van der Waals surface area contributed by atoms with Crippen LogP contribution < -0.4 is 10.2 Å². The lowest BCUT2D eigenvalue weighted by atomic mass is 10.2. The van der Waals surface area contributed by atoms with Crippen molar-refractivity contribution in [2.24, 2.45) is 5.10 Å². The molecule has 0 radical (unpaired) electrons. The van der Waals surface area contributed by atoms with E-state index in [4.69, 9.17) is 9.15 Å². The highest BCUT2D eigenvalue weighted by molar-refractivity contribution is 5.95. The number of carbonyl (C=O) groups is 1.